The van der Waals surface area contributed by atoms with Crippen molar-refractivity contribution in [2.24, 2.45) is 10.4 Å². The van der Waals surface area contributed by atoms with Gasteiger partial charge in [-0.05, 0) is 55.1 Å². The van der Waals surface area contributed by atoms with Crippen molar-refractivity contribution in [2.45, 2.75) is 39.9 Å². The number of benzene rings is 1. The molecule has 0 amide bonds. The fraction of sp³-hybridized carbons (Fsp3) is 0.500. The second-order valence-electron chi connectivity index (χ2n) is 8.24. The Morgan fingerprint density at radius 3 is 2.79 bits per heavy atom. The quantitative estimate of drug-likeness (QED) is 0.693. The molecule has 0 unspecified atom stereocenters. The van der Waals surface area contributed by atoms with E-state index in [0.29, 0.717) is 0 Å². The maximum atomic E-state index is 6.45. The van der Waals surface area contributed by atoms with Crippen LogP contribution in [0.2, 0.25) is 5.02 Å². The summed E-state index contributed by atoms with van der Waals surface area (Å²) in [5, 5.41) is 0.825. The Morgan fingerprint density at radius 2 is 2.12 bits per heavy atom. The maximum absolute atomic E-state index is 6.45. The van der Waals surface area contributed by atoms with E-state index in [4.69, 9.17) is 16.6 Å². The fourth-order valence-corrected chi connectivity index (χ4v) is 5.41. The van der Waals surface area contributed by atoms with E-state index >= 15 is 0 Å². The third-order valence-corrected chi connectivity index (χ3v) is 6.50. The van der Waals surface area contributed by atoms with Crippen molar-refractivity contribution in [1.29, 1.82) is 0 Å². The molecule has 0 aliphatic carbocycles. The minimum atomic E-state index is -1.19. The molecule has 24 heavy (non-hydrogen) atoms. The second-order valence-corrected chi connectivity index (χ2v) is 13.6. The third-order valence-electron chi connectivity index (χ3n) is 4.18. The largest absolute Gasteiger partial charge is 0.303 e. The smallest absolute Gasteiger partial charge is 0.209 e. The molecule has 0 bridgehead atoms. The highest BCUT2D eigenvalue weighted by molar-refractivity contribution is 7.71. The highest BCUT2D eigenvalue weighted by Gasteiger charge is 2.30. The monoisotopic (exact) mass is 381 g/mol. The van der Waals surface area contributed by atoms with Gasteiger partial charge in [-0.15, -0.1) is 13.2 Å². The van der Waals surface area contributed by atoms with Crippen LogP contribution in [0, 0.1) is 12.3 Å². The zero-order valence-corrected chi connectivity index (χ0v) is 17.5. The number of rotatable bonds is 3. The van der Waals surface area contributed by atoms with Crippen LogP contribution in [0.5, 0.6) is 0 Å². The SMILES string of the molecule is C=P(C)(C)Cc1cc(N=c2snc3n2CC(C)(C)C3)c(C)cc1Cl. The molecule has 1 aliphatic heterocycles. The molecule has 3 nitrogen and oxygen atoms in total. The number of hydrogen-bond donors (Lipinski definition) is 0. The lowest BCUT2D eigenvalue weighted by Gasteiger charge is -2.15. The summed E-state index contributed by atoms with van der Waals surface area (Å²) < 4.78 is 6.86. The highest BCUT2D eigenvalue weighted by Crippen LogP contribution is 2.42. The van der Waals surface area contributed by atoms with Gasteiger partial charge in [-0.2, -0.15) is 4.37 Å². The predicted octanol–water partition coefficient (Wildman–Crippen LogP) is 4.93. The average Bonchev–Trinajstić information content (AvgIpc) is 2.90. The molecule has 1 aromatic carbocycles. The normalized spacial score (nSPS) is 17.3. The number of aryl methyl sites for hydroxylation is 1. The van der Waals surface area contributed by atoms with Crippen molar-refractivity contribution in [3.05, 3.63) is 38.9 Å². The van der Waals surface area contributed by atoms with Gasteiger partial charge in [-0.25, -0.2) is 4.99 Å². The van der Waals surface area contributed by atoms with E-state index in [1.54, 1.807) is 0 Å². The van der Waals surface area contributed by atoms with E-state index in [1.165, 1.54) is 11.5 Å². The first-order valence-corrected chi connectivity index (χ1v) is 12.3. The summed E-state index contributed by atoms with van der Waals surface area (Å²) in [7, 11) is 0. The number of fused-ring (bicyclic) bond motifs is 1. The minimum Gasteiger partial charge on any atom is -0.303 e. The van der Waals surface area contributed by atoms with E-state index in [9.17, 15) is 0 Å². The van der Waals surface area contributed by atoms with Gasteiger partial charge in [0, 0.05) is 29.5 Å². The topological polar surface area (TPSA) is 30.2 Å². The molecule has 0 saturated carbocycles. The first-order chi connectivity index (χ1) is 11.0. The van der Waals surface area contributed by atoms with Gasteiger partial charge in [0.05, 0.1) is 5.69 Å². The summed E-state index contributed by atoms with van der Waals surface area (Å²) in [6.45, 7) is 10.9. The Kier molecular flexibility index (Phi) is 4.61. The molecule has 3 rings (SSSR count). The molecule has 0 atom stereocenters. The third kappa shape index (κ3) is 3.87. The van der Waals surface area contributed by atoms with Crippen LogP contribution in [0.3, 0.4) is 0 Å². The van der Waals surface area contributed by atoms with Crippen molar-refractivity contribution in [1.82, 2.24) is 8.94 Å². The van der Waals surface area contributed by atoms with Crippen LogP contribution in [-0.4, -0.2) is 28.6 Å². The Balaban J connectivity index is 2.06. The molecular formula is C18H25ClN3PS. The molecule has 0 radical (unpaired) electrons. The Hall–Kier alpha value is -0.830. The molecule has 0 spiro atoms. The summed E-state index contributed by atoms with van der Waals surface area (Å²) in [6, 6.07) is 4.17. The maximum Gasteiger partial charge on any atom is 0.209 e. The standard InChI is InChI=1S/C18H25ClN3PS/c1-12-7-14(19)13(10-23(4,5)6)8-15(12)20-17-22-11-18(2,3)9-16(22)21-24-17/h7-8H,4,9-11H2,1-3,5-6H3. The predicted molar refractivity (Wildman–Crippen MR) is 109 cm³/mol. The van der Waals surface area contributed by atoms with Gasteiger partial charge in [-0.3, -0.25) is 0 Å². The van der Waals surface area contributed by atoms with Crippen LogP contribution in [0.25, 0.3) is 0 Å². The zero-order chi connectivity index (χ0) is 17.7. The van der Waals surface area contributed by atoms with E-state index in [2.05, 4.69) is 55.4 Å². The van der Waals surface area contributed by atoms with E-state index in [1.807, 2.05) is 6.07 Å². The van der Waals surface area contributed by atoms with Crippen LogP contribution in [0.4, 0.5) is 5.69 Å². The van der Waals surface area contributed by atoms with Gasteiger partial charge >= 0.3 is 0 Å². The Labute approximate surface area is 153 Å². The molecule has 0 saturated heterocycles. The number of hydrogen-bond acceptors (Lipinski definition) is 3. The lowest BCUT2D eigenvalue weighted by Crippen LogP contribution is -2.19. The molecule has 1 aliphatic rings. The van der Waals surface area contributed by atoms with Crippen LogP contribution in [0.1, 0.15) is 30.8 Å². The lowest BCUT2D eigenvalue weighted by molar-refractivity contribution is 0.356. The van der Waals surface area contributed by atoms with Crippen LogP contribution in [0.15, 0.2) is 17.1 Å². The first-order valence-electron chi connectivity index (χ1n) is 8.11. The van der Waals surface area contributed by atoms with Crippen LogP contribution >= 0.6 is 30.0 Å². The second kappa shape index (κ2) is 6.16. The number of nitrogens with zero attached hydrogens (tertiary/aromatic N) is 3. The summed E-state index contributed by atoms with van der Waals surface area (Å²) in [4.78, 5) is 5.90. The molecule has 0 N–H and O–H groups in total. The van der Waals surface area contributed by atoms with Crippen molar-refractivity contribution in [2.75, 3.05) is 13.3 Å². The molecule has 6 heteroatoms. The number of aromatic nitrogens is 2. The van der Waals surface area contributed by atoms with Gasteiger partial charge in [-0.1, -0.05) is 25.4 Å². The zero-order valence-electron chi connectivity index (χ0n) is 15.1. The number of halogens is 1. The van der Waals surface area contributed by atoms with Crippen molar-refractivity contribution < 1.29 is 0 Å². The molecule has 0 fully saturated rings. The van der Waals surface area contributed by atoms with Gasteiger partial charge in [0.15, 0.2) is 0 Å². The molecule has 2 aromatic rings. The minimum absolute atomic E-state index is 0.267. The molecule has 2 heterocycles. The van der Waals surface area contributed by atoms with Gasteiger partial charge in [0.2, 0.25) is 4.80 Å². The summed E-state index contributed by atoms with van der Waals surface area (Å²) in [5.41, 5.74) is 3.51. The lowest BCUT2D eigenvalue weighted by atomic mass is 9.92. The van der Waals surface area contributed by atoms with Crippen molar-refractivity contribution >= 4 is 42.0 Å². The fourth-order valence-electron chi connectivity index (χ4n) is 3.09. The Morgan fingerprint density at radius 1 is 1.42 bits per heavy atom. The summed E-state index contributed by atoms with van der Waals surface area (Å²) >= 11 is 7.94. The average molecular weight is 382 g/mol. The molecule has 130 valence electrons. The molecular weight excluding hydrogens is 357 g/mol. The van der Waals surface area contributed by atoms with Gasteiger partial charge in [0.25, 0.3) is 0 Å². The first kappa shape index (κ1) is 18.0. The highest BCUT2D eigenvalue weighted by atomic mass is 35.5. The van der Waals surface area contributed by atoms with Gasteiger partial charge in [0.1, 0.15) is 5.82 Å². The van der Waals surface area contributed by atoms with Gasteiger partial charge < -0.3 is 4.57 Å². The Bertz CT molecular complexity index is 901. The summed E-state index contributed by atoms with van der Waals surface area (Å²) in [5.74, 6) is 1.15. The van der Waals surface area contributed by atoms with Crippen molar-refractivity contribution in [3.8, 4) is 0 Å². The van der Waals surface area contributed by atoms with Crippen LogP contribution < -0.4 is 4.80 Å². The summed E-state index contributed by atoms with van der Waals surface area (Å²) in [6.07, 6.45) is 6.27. The van der Waals surface area contributed by atoms with Crippen LogP contribution in [-0.2, 0) is 19.1 Å². The van der Waals surface area contributed by atoms with E-state index in [-0.39, 0.29) is 5.41 Å². The van der Waals surface area contributed by atoms with E-state index in [0.717, 1.165) is 51.6 Å². The van der Waals surface area contributed by atoms with E-state index < -0.39 is 6.89 Å². The molecule has 1 aromatic heterocycles. The van der Waals surface area contributed by atoms with Crippen molar-refractivity contribution in [3.63, 3.8) is 0 Å².